The Balaban J connectivity index is 1.37. The number of hydrogen-bond acceptors (Lipinski definition) is 4. The van der Waals surface area contributed by atoms with E-state index in [1.165, 1.54) is 10.5 Å². The number of ketones is 1. The molecule has 4 aromatic rings. The molecule has 0 saturated heterocycles. The second-order valence-corrected chi connectivity index (χ2v) is 8.79. The molecule has 0 atom stereocenters. The van der Waals surface area contributed by atoms with Crippen molar-refractivity contribution in [1.29, 1.82) is 0 Å². The summed E-state index contributed by atoms with van der Waals surface area (Å²) in [6, 6.07) is 31.4. The van der Waals surface area contributed by atoms with Crippen molar-refractivity contribution in [1.82, 2.24) is 0 Å². The Morgan fingerprint density at radius 1 is 0.833 bits per heavy atom. The molecule has 1 aliphatic rings. The molecule has 0 radical (unpaired) electrons. The Morgan fingerprint density at radius 2 is 1.44 bits per heavy atom. The number of ether oxygens (including phenoxy) is 2. The van der Waals surface area contributed by atoms with Crippen LogP contribution in [0.2, 0.25) is 0 Å². The Kier molecular flexibility index (Phi) is 6.37. The first-order valence-electron chi connectivity index (χ1n) is 11.8. The maximum absolute atomic E-state index is 13.2. The lowest BCUT2D eigenvalue weighted by molar-refractivity contribution is 0.101. The fourth-order valence-electron chi connectivity index (χ4n) is 4.02. The van der Waals surface area contributed by atoms with Gasteiger partial charge in [0.05, 0.1) is 16.9 Å². The maximum Gasteiger partial charge on any atom is 0.424 e. The molecule has 0 N–H and O–H groups in total. The summed E-state index contributed by atoms with van der Waals surface area (Å²) in [7, 11) is 0. The number of carbonyl (C=O) groups excluding carboxylic acids is 2. The van der Waals surface area contributed by atoms with E-state index in [2.05, 4.69) is 13.8 Å². The van der Waals surface area contributed by atoms with E-state index in [0.717, 1.165) is 5.56 Å². The molecule has 5 rings (SSSR count). The Bertz CT molecular complexity index is 1390. The third-order valence-electron chi connectivity index (χ3n) is 5.96. The van der Waals surface area contributed by atoms with Crippen LogP contribution in [0.4, 0.5) is 16.2 Å². The number of Topliss-reactive ketones (excluding diaryl/α,β-unsaturated/α-hetero) is 1. The van der Waals surface area contributed by atoms with Gasteiger partial charge in [0.2, 0.25) is 5.78 Å². The second kappa shape index (κ2) is 9.92. The van der Waals surface area contributed by atoms with Gasteiger partial charge in [-0.15, -0.1) is 0 Å². The van der Waals surface area contributed by atoms with E-state index >= 15 is 0 Å². The van der Waals surface area contributed by atoms with Gasteiger partial charge in [0.25, 0.3) is 0 Å². The van der Waals surface area contributed by atoms with E-state index in [1.54, 1.807) is 24.3 Å². The number of carbonyl (C=O) groups is 2. The topological polar surface area (TPSA) is 55.8 Å². The van der Waals surface area contributed by atoms with Gasteiger partial charge in [-0.1, -0.05) is 74.5 Å². The van der Waals surface area contributed by atoms with E-state index in [1.807, 2.05) is 84.9 Å². The first kappa shape index (κ1) is 23.1. The molecule has 0 spiro atoms. The molecule has 0 fully saturated rings. The van der Waals surface area contributed by atoms with Crippen LogP contribution in [0.15, 0.2) is 109 Å². The molecule has 36 heavy (non-hydrogen) atoms. The van der Waals surface area contributed by atoms with Crippen LogP contribution in [0.1, 0.15) is 41.3 Å². The van der Waals surface area contributed by atoms with Gasteiger partial charge in [-0.2, -0.15) is 0 Å². The van der Waals surface area contributed by atoms with Gasteiger partial charge >= 0.3 is 6.09 Å². The smallest absolute Gasteiger partial charge is 0.424 e. The molecule has 1 amide bonds. The summed E-state index contributed by atoms with van der Waals surface area (Å²) in [5.74, 6) is 1.11. The Morgan fingerprint density at radius 3 is 2.03 bits per heavy atom. The molecule has 5 heteroatoms. The fraction of sp³-hybridized carbons (Fsp3) is 0.0968. The van der Waals surface area contributed by atoms with Gasteiger partial charge in [-0.3, -0.25) is 4.79 Å². The van der Waals surface area contributed by atoms with Crippen molar-refractivity contribution in [3.63, 3.8) is 0 Å². The number of nitrogens with zero attached hydrogens (tertiary/aromatic N) is 1. The molecule has 0 aliphatic carbocycles. The van der Waals surface area contributed by atoms with E-state index in [-0.39, 0.29) is 17.3 Å². The largest absolute Gasteiger partial charge is 0.452 e. The molecule has 178 valence electrons. The molecule has 0 aromatic heterocycles. The van der Waals surface area contributed by atoms with Crippen LogP contribution < -0.4 is 14.4 Å². The molecule has 0 unspecified atom stereocenters. The number of para-hydroxylation sites is 2. The highest BCUT2D eigenvalue weighted by molar-refractivity contribution is 6.14. The summed E-state index contributed by atoms with van der Waals surface area (Å²) in [6.07, 6.45) is 1.16. The summed E-state index contributed by atoms with van der Waals surface area (Å²) in [6.45, 7) is 4.27. The lowest BCUT2D eigenvalue weighted by Gasteiger charge is -2.22. The number of anilines is 2. The standard InChI is InChI=1S/C31H25NO4/c1-21(2)23-15-13-22(14-16-23)19-29-30(33)27-18-17-26(20-28(27)36-29)35-31(34)32(24-9-5-3-6-10-24)25-11-7-4-8-12-25/h3-21H,1-2H3/b29-19-. The monoisotopic (exact) mass is 475 g/mol. The lowest BCUT2D eigenvalue weighted by Crippen LogP contribution is -2.29. The molecule has 1 heterocycles. The van der Waals surface area contributed by atoms with Crippen molar-refractivity contribution in [3.8, 4) is 11.5 Å². The molecular weight excluding hydrogens is 450 g/mol. The fourth-order valence-corrected chi connectivity index (χ4v) is 4.02. The average molecular weight is 476 g/mol. The molecule has 1 aliphatic heterocycles. The van der Waals surface area contributed by atoms with E-state index in [4.69, 9.17) is 9.47 Å². The van der Waals surface area contributed by atoms with Crippen LogP contribution in [-0.2, 0) is 0 Å². The molecule has 0 saturated carbocycles. The SMILES string of the molecule is CC(C)c1ccc(/C=C2\Oc3cc(OC(=O)N(c4ccccc4)c4ccccc4)ccc3C2=O)cc1. The number of allylic oxidation sites excluding steroid dienone is 1. The van der Waals surface area contributed by atoms with Crippen LogP contribution >= 0.6 is 0 Å². The third kappa shape index (κ3) is 4.77. The molecule has 0 bridgehead atoms. The van der Waals surface area contributed by atoms with E-state index < -0.39 is 6.09 Å². The molecule has 4 aromatic carbocycles. The maximum atomic E-state index is 13.2. The number of amides is 1. The van der Waals surface area contributed by atoms with Gasteiger partial charge in [0.15, 0.2) is 5.76 Å². The van der Waals surface area contributed by atoms with Crippen LogP contribution in [-0.4, -0.2) is 11.9 Å². The van der Waals surface area contributed by atoms with Crippen molar-refractivity contribution in [2.75, 3.05) is 4.90 Å². The predicted octanol–water partition coefficient (Wildman–Crippen LogP) is 7.76. The lowest BCUT2D eigenvalue weighted by atomic mass is 10.0. The average Bonchev–Trinajstić information content (AvgIpc) is 3.20. The normalized spacial score (nSPS) is 13.4. The molecular formula is C31H25NO4. The molecule has 5 nitrogen and oxygen atoms in total. The zero-order valence-corrected chi connectivity index (χ0v) is 20.0. The highest BCUT2D eigenvalue weighted by Gasteiger charge is 2.28. The quantitative estimate of drug-likeness (QED) is 0.277. The van der Waals surface area contributed by atoms with Gasteiger partial charge in [0, 0.05) is 6.07 Å². The van der Waals surface area contributed by atoms with Crippen molar-refractivity contribution >= 4 is 29.3 Å². The first-order valence-corrected chi connectivity index (χ1v) is 11.8. The van der Waals surface area contributed by atoms with Crippen LogP contribution in [0.5, 0.6) is 11.5 Å². The number of benzene rings is 4. The Labute approximate surface area is 210 Å². The Hall–Kier alpha value is -4.64. The predicted molar refractivity (Wildman–Crippen MR) is 141 cm³/mol. The minimum Gasteiger partial charge on any atom is -0.452 e. The number of fused-ring (bicyclic) bond motifs is 1. The highest BCUT2D eigenvalue weighted by Crippen LogP contribution is 2.36. The van der Waals surface area contributed by atoms with Crippen LogP contribution in [0.3, 0.4) is 0 Å². The minimum absolute atomic E-state index is 0.203. The van der Waals surface area contributed by atoms with Crippen molar-refractivity contribution in [2.24, 2.45) is 0 Å². The van der Waals surface area contributed by atoms with Crippen LogP contribution in [0.25, 0.3) is 6.08 Å². The van der Waals surface area contributed by atoms with Crippen molar-refractivity contribution in [2.45, 2.75) is 19.8 Å². The summed E-state index contributed by atoms with van der Waals surface area (Å²) in [5, 5.41) is 0. The van der Waals surface area contributed by atoms with Crippen molar-refractivity contribution in [3.05, 3.63) is 126 Å². The third-order valence-corrected chi connectivity index (χ3v) is 5.96. The summed E-state index contributed by atoms with van der Waals surface area (Å²) >= 11 is 0. The zero-order valence-electron chi connectivity index (χ0n) is 20.0. The second-order valence-electron chi connectivity index (χ2n) is 8.79. The van der Waals surface area contributed by atoms with Gasteiger partial charge in [-0.05, 0) is 59.5 Å². The van der Waals surface area contributed by atoms with E-state index in [9.17, 15) is 9.59 Å². The minimum atomic E-state index is -0.572. The highest BCUT2D eigenvalue weighted by atomic mass is 16.6. The summed E-state index contributed by atoms with van der Waals surface area (Å²) in [5.41, 5.74) is 3.89. The van der Waals surface area contributed by atoms with Crippen molar-refractivity contribution < 1.29 is 19.1 Å². The van der Waals surface area contributed by atoms with Gasteiger partial charge < -0.3 is 9.47 Å². The summed E-state index contributed by atoms with van der Waals surface area (Å²) < 4.78 is 11.6. The van der Waals surface area contributed by atoms with E-state index in [0.29, 0.717) is 28.6 Å². The van der Waals surface area contributed by atoms with Gasteiger partial charge in [0.1, 0.15) is 11.5 Å². The number of hydrogen-bond donors (Lipinski definition) is 0. The zero-order chi connectivity index (χ0) is 25.1. The first-order chi connectivity index (χ1) is 17.5. The van der Waals surface area contributed by atoms with Crippen LogP contribution in [0, 0.1) is 0 Å². The number of rotatable bonds is 5. The van der Waals surface area contributed by atoms with Gasteiger partial charge in [-0.25, -0.2) is 9.69 Å². The summed E-state index contributed by atoms with van der Waals surface area (Å²) in [4.78, 5) is 27.6.